The van der Waals surface area contributed by atoms with Crippen LogP contribution in [0.15, 0.2) is 48.7 Å². The molecule has 1 aromatic rings. The van der Waals surface area contributed by atoms with E-state index in [4.69, 9.17) is 0 Å². The van der Waals surface area contributed by atoms with Gasteiger partial charge in [0, 0.05) is 18.2 Å². The molecule has 1 amide bonds. The molecule has 1 aromatic heterocycles. The van der Waals surface area contributed by atoms with Crippen LogP contribution < -0.4 is 16.2 Å². The molecule has 2 aliphatic rings. The van der Waals surface area contributed by atoms with Crippen molar-refractivity contribution in [3.63, 3.8) is 0 Å². The molecule has 0 aromatic carbocycles. The number of allylic oxidation sites excluding steroid dienone is 3. The van der Waals surface area contributed by atoms with E-state index in [1.54, 1.807) is 12.3 Å². The number of hydrazine groups is 1. The van der Waals surface area contributed by atoms with E-state index >= 15 is 0 Å². The maximum atomic E-state index is 12.3. The fourth-order valence-electron chi connectivity index (χ4n) is 2.48. The standard InChI is InChI=1S/C14H16N4O/c19-14(16-12-8-4-5-9-15-12)13-10-6-2-1-3-7-11(10)17-18-13/h1-5,7-11,13,17-18H,6H2,(H,15,16,19). The smallest absolute Gasteiger partial charge is 0.244 e. The monoisotopic (exact) mass is 256 g/mol. The number of hydrogen-bond donors (Lipinski definition) is 3. The van der Waals surface area contributed by atoms with Gasteiger partial charge in [0.05, 0.1) is 0 Å². The first-order valence-electron chi connectivity index (χ1n) is 6.41. The summed E-state index contributed by atoms with van der Waals surface area (Å²) in [5.41, 5.74) is 6.23. The fourth-order valence-corrected chi connectivity index (χ4v) is 2.48. The van der Waals surface area contributed by atoms with Crippen LogP contribution in [0.2, 0.25) is 0 Å². The zero-order chi connectivity index (χ0) is 13.1. The summed E-state index contributed by atoms with van der Waals surface area (Å²) in [6.45, 7) is 0. The number of hydrogen-bond acceptors (Lipinski definition) is 4. The topological polar surface area (TPSA) is 66.0 Å². The third kappa shape index (κ3) is 2.57. The quantitative estimate of drug-likeness (QED) is 0.738. The molecule has 3 rings (SSSR count). The average Bonchev–Trinajstić information content (AvgIpc) is 2.69. The van der Waals surface area contributed by atoms with Crippen LogP contribution in [0.5, 0.6) is 0 Å². The number of carbonyl (C=O) groups excluding carboxylic acids is 1. The van der Waals surface area contributed by atoms with E-state index in [1.807, 2.05) is 24.3 Å². The Morgan fingerprint density at radius 2 is 2.26 bits per heavy atom. The normalized spacial score (nSPS) is 28.7. The summed E-state index contributed by atoms with van der Waals surface area (Å²) in [6.07, 6.45) is 10.7. The Labute approximate surface area is 111 Å². The van der Waals surface area contributed by atoms with E-state index in [9.17, 15) is 4.79 Å². The van der Waals surface area contributed by atoms with E-state index in [1.165, 1.54) is 0 Å². The maximum absolute atomic E-state index is 12.3. The summed E-state index contributed by atoms with van der Waals surface area (Å²) in [5.74, 6) is 0.749. The molecule has 2 heterocycles. The van der Waals surface area contributed by atoms with Crippen LogP contribution in [0.1, 0.15) is 6.42 Å². The lowest BCUT2D eigenvalue weighted by molar-refractivity contribution is -0.118. The summed E-state index contributed by atoms with van der Waals surface area (Å²) in [4.78, 5) is 16.4. The molecule has 98 valence electrons. The van der Waals surface area contributed by atoms with E-state index < -0.39 is 0 Å². The second-order valence-electron chi connectivity index (χ2n) is 4.71. The van der Waals surface area contributed by atoms with Crippen LogP contribution in [0.4, 0.5) is 5.82 Å². The minimum Gasteiger partial charge on any atom is -0.309 e. The number of rotatable bonds is 2. The molecular formula is C14H16N4O. The molecule has 0 saturated carbocycles. The number of carbonyl (C=O) groups is 1. The molecule has 0 spiro atoms. The van der Waals surface area contributed by atoms with Crippen molar-refractivity contribution >= 4 is 11.7 Å². The fraction of sp³-hybridized carbons (Fsp3) is 0.286. The molecule has 1 saturated heterocycles. The second-order valence-corrected chi connectivity index (χ2v) is 4.71. The Bertz CT molecular complexity index is 511. The van der Waals surface area contributed by atoms with Crippen molar-refractivity contribution < 1.29 is 4.79 Å². The Morgan fingerprint density at radius 1 is 1.32 bits per heavy atom. The lowest BCUT2D eigenvalue weighted by Crippen LogP contribution is -2.42. The maximum Gasteiger partial charge on any atom is 0.244 e. The van der Waals surface area contributed by atoms with Crippen molar-refractivity contribution in [3.8, 4) is 0 Å². The number of nitrogens with zero attached hydrogens (tertiary/aromatic N) is 1. The summed E-state index contributed by atoms with van der Waals surface area (Å²) in [7, 11) is 0. The predicted octanol–water partition coefficient (Wildman–Crippen LogP) is 0.997. The van der Waals surface area contributed by atoms with Gasteiger partial charge in [-0.15, -0.1) is 0 Å². The number of anilines is 1. The average molecular weight is 256 g/mol. The minimum atomic E-state index is -0.251. The van der Waals surface area contributed by atoms with Crippen LogP contribution in [0.25, 0.3) is 0 Å². The van der Waals surface area contributed by atoms with Gasteiger partial charge in [0.15, 0.2) is 0 Å². The van der Waals surface area contributed by atoms with E-state index in [2.05, 4.69) is 33.3 Å². The summed E-state index contributed by atoms with van der Waals surface area (Å²) >= 11 is 0. The molecule has 0 bridgehead atoms. The Hall–Kier alpha value is -1.98. The van der Waals surface area contributed by atoms with Crippen molar-refractivity contribution in [2.24, 2.45) is 5.92 Å². The van der Waals surface area contributed by atoms with E-state index in [0.29, 0.717) is 5.82 Å². The van der Waals surface area contributed by atoms with E-state index in [0.717, 1.165) is 6.42 Å². The van der Waals surface area contributed by atoms with Gasteiger partial charge in [-0.3, -0.25) is 4.79 Å². The molecule has 5 heteroatoms. The van der Waals surface area contributed by atoms with Gasteiger partial charge in [0.2, 0.25) is 5.91 Å². The molecule has 3 N–H and O–H groups in total. The van der Waals surface area contributed by atoms with E-state index in [-0.39, 0.29) is 23.9 Å². The zero-order valence-corrected chi connectivity index (χ0v) is 10.4. The van der Waals surface area contributed by atoms with Crippen molar-refractivity contribution in [2.75, 3.05) is 5.32 Å². The third-order valence-electron chi connectivity index (χ3n) is 3.47. The molecule has 1 fully saturated rings. The molecule has 0 radical (unpaired) electrons. The van der Waals surface area contributed by atoms with Crippen LogP contribution in [0.3, 0.4) is 0 Å². The van der Waals surface area contributed by atoms with Crippen molar-refractivity contribution in [1.82, 2.24) is 15.8 Å². The van der Waals surface area contributed by atoms with Gasteiger partial charge >= 0.3 is 0 Å². The Balaban J connectivity index is 1.70. The number of fused-ring (bicyclic) bond motifs is 1. The SMILES string of the molecule is O=C(Nc1ccccn1)C1NNC2C=CC=CCC21. The first kappa shape index (κ1) is 12.1. The highest BCUT2D eigenvalue weighted by Crippen LogP contribution is 2.23. The van der Waals surface area contributed by atoms with Crippen LogP contribution >= 0.6 is 0 Å². The molecule has 5 nitrogen and oxygen atoms in total. The van der Waals surface area contributed by atoms with Crippen molar-refractivity contribution in [1.29, 1.82) is 0 Å². The first-order chi connectivity index (χ1) is 9.34. The highest BCUT2D eigenvalue weighted by atomic mass is 16.2. The predicted molar refractivity (Wildman–Crippen MR) is 73.1 cm³/mol. The lowest BCUT2D eigenvalue weighted by atomic mass is 9.91. The molecular weight excluding hydrogens is 240 g/mol. The highest BCUT2D eigenvalue weighted by molar-refractivity contribution is 5.94. The Kier molecular flexibility index (Phi) is 3.39. The van der Waals surface area contributed by atoms with Crippen LogP contribution in [-0.2, 0) is 4.79 Å². The van der Waals surface area contributed by atoms with Gasteiger partial charge in [-0.1, -0.05) is 30.4 Å². The van der Waals surface area contributed by atoms with Gasteiger partial charge in [-0.2, -0.15) is 0 Å². The summed E-state index contributed by atoms with van der Waals surface area (Å²) in [5, 5.41) is 2.84. The largest absolute Gasteiger partial charge is 0.309 e. The molecule has 3 atom stereocenters. The molecule has 1 aliphatic heterocycles. The zero-order valence-electron chi connectivity index (χ0n) is 10.4. The van der Waals surface area contributed by atoms with Crippen LogP contribution in [0, 0.1) is 5.92 Å². The van der Waals surface area contributed by atoms with Crippen LogP contribution in [-0.4, -0.2) is 23.0 Å². The highest BCUT2D eigenvalue weighted by Gasteiger charge is 2.38. The lowest BCUT2D eigenvalue weighted by Gasteiger charge is -2.18. The number of nitrogens with one attached hydrogen (secondary N) is 3. The molecule has 1 aliphatic carbocycles. The minimum absolute atomic E-state index is 0.0533. The van der Waals surface area contributed by atoms with Crippen molar-refractivity contribution in [3.05, 3.63) is 48.7 Å². The molecule has 3 unspecified atom stereocenters. The number of aromatic nitrogens is 1. The second kappa shape index (κ2) is 5.34. The number of amides is 1. The summed E-state index contributed by atoms with van der Waals surface area (Å²) in [6, 6.07) is 5.39. The third-order valence-corrected chi connectivity index (χ3v) is 3.47. The summed E-state index contributed by atoms with van der Waals surface area (Å²) < 4.78 is 0. The van der Waals surface area contributed by atoms with Gasteiger partial charge in [-0.25, -0.2) is 15.8 Å². The molecule has 19 heavy (non-hydrogen) atoms. The first-order valence-corrected chi connectivity index (χ1v) is 6.41. The van der Waals surface area contributed by atoms with Gasteiger partial charge < -0.3 is 5.32 Å². The van der Waals surface area contributed by atoms with Gasteiger partial charge in [-0.05, 0) is 18.6 Å². The van der Waals surface area contributed by atoms with Crippen molar-refractivity contribution in [2.45, 2.75) is 18.5 Å². The Morgan fingerprint density at radius 3 is 3.11 bits per heavy atom. The van der Waals surface area contributed by atoms with Gasteiger partial charge in [0.1, 0.15) is 11.9 Å². The number of pyridine rings is 1. The van der Waals surface area contributed by atoms with Gasteiger partial charge in [0.25, 0.3) is 0 Å².